The third-order valence-corrected chi connectivity index (χ3v) is 2.92. The van der Waals surface area contributed by atoms with Crippen LogP contribution in [0.1, 0.15) is 5.56 Å². The number of alkyl halides is 3. The van der Waals surface area contributed by atoms with Gasteiger partial charge in [0.2, 0.25) is 11.8 Å². The van der Waals surface area contributed by atoms with Crippen molar-refractivity contribution in [3.05, 3.63) is 47.1 Å². The van der Waals surface area contributed by atoms with Crippen LogP contribution in [0.2, 0.25) is 5.02 Å². The van der Waals surface area contributed by atoms with Crippen LogP contribution >= 0.6 is 11.6 Å². The normalized spacial score (nSPS) is 11.9. The van der Waals surface area contributed by atoms with Crippen molar-refractivity contribution in [2.24, 2.45) is 27.2 Å². The van der Waals surface area contributed by atoms with Gasteiger partial charge in [-0.3, -0.25) is 0 Å². The number of aromatic nitrogens is 1. The first kappa shape index (κ1) is 18.3. The topological polar surface area (TPSA) is 125 Å². The lowest BCUT2D eigenvalue weighted by molar-refractivity contribution is -0.137. The third-order valence-electron chi connectivity index (χ3n) is 2.65. The number of ether oxygens (including phenoxy) is 1. The van der Waals surface area contributed by atoms with Crippen LogP contribution in [0, 0.1) is 0 Å². The van der Waals surface area contributed by atoms with E-state index in [4.69, 9.17) is 33.5 Å². The summed E-state index contributed by atoms with van der Waals surface area (Å²) in [7, 11) is 0. The molecule has 0 amide bonds. The van der Waals surface area contributed by atoms with E-state index in [1.165, 1.54) is 12.1 Å². The molecule has 132 valence electrons. The van der Waals surface area contributed by atoms with Crippen LogP contribution in [0.15, 0.2) is 46.5 Å². The molecule has 6 N–H and O–H groups in total. The van der Waals surface area contributed by atoms with Gasteiger partial charge in [0, 0.05) is 12.3 Å². The largest absolute Gasteiger partial charge is 0.437 e. The molecule has 2 aromatic rings. The Hall–Kier alpha value is -3.01. The molecule has 0 spiro atoms. The molecule has 1 aromatic heterocycles. The van der Waals surface area contributed by atoms with E-state index in [1.807, 2.05) is 0 Å². The first-order valence-corrected chi connectivity index (χ1v) is 6.97. The molecule has 11 heteroatoms. The van der Waals surface area contributed by atoms with Crippen LogP contribution in [0.5, 0.6) is 11.6 Å². The summed E-state index contributed by atoms with van der Waals surface area (Å²) in [6.45, 7) is 0. The molecule has 7 nitrogen and oxygen atoms in total. The lowest BCUT2D eigenvalue weighted by Crippen LogP contribution is -2.26. The quantitative estimate of drug-likeness (QED) is 0.564. The predicted octanol–water partition coefficient (Wildman–Crippen LogP) is 2.77. The minimum Gasteiger partial charge on any atom is -0.437 e. The van der Waals surface area contributed by atoms with Gasteiger partial charge in [0.15, 0.2) is 5.96 Å². The van der Waals surface area contributed by atoms with E-state index in [9.17, 15) is 13.2 Å². The van der Waals surface area contributed by atoms with E-state index in [0.717, 1.165) is 6.07 Å². The Labute approximate surface area is 145 Å². The van der Waals surface area contributed by atoms with Crippen molar-refractivity contribution in [1.82, 2.24) is 4.98 Å². The van der Waals surface area contributed by atoms with E-state index in [0.29, 0.717) is 11.9 Å². The lowest BCUT2D eigenvalue weighted by atomic mass is 10.3. The van der Waals surface area contributed by atoms with Crippen molar-refractivity contribution in [3.8, 4) is 11.6 Å². The molecule has 1 heterocycles. The number of aliphatic imine (C=N–C) groups is 2. The van der Waals surface area contributed by atoms with Crippen molar-refractivity contribution in [2.45, 2.75) is 6.18 Å². The molecular weight excluding hydrogens is 361 g/mol. The summed E-state index contributed by atoms with van der Waals surface area (Å²) in [5.41, 5.74) is 15.2. The summed E-state index contributed by atoms with van der Waals surface area (Å²) >= 11 is 5.79. The average molecular weight is 373 g/mol. The number of rotatable bonds is 3. The van der Waals surface area contributed by atoms with Gasteiger partial charge in [0.05, 0.1) is 11.3 Å². The zero-order valence-corrected chi connectivity index (χ0v) is 13.2. The highest BCUT2D eigenvalue weighted by molar-refractivity contribution is 6.31. The number of hydrogen-bond acceptors (Lipinski definition) is 3. The van der Waals surface area contributed by atoms with Gasteiger partial charge in [-0.15, -0.1) is 0 Å². The number of hydrogen-bond donors (Lipinski definition) is 3. The summed E-state index contributed by atoms with van der Waals surface area (Å²) in [6, 6.07) is 6.87. The van der Waals surface area contributed by atoms with Crippen molar-refractivity contribution in [3.63, 3.8) is 0 Å². The number of nitrogens with two attached hydrogens (primary N) is 3. The molecule has 0 unspecified atom stereocenters. The summed E-state index contributed by atoms with van der Waals surface area (Å²) < 4.78 is 43.2. The summed E-state index contributed by atoms with van der Waals surface area (Å²) in [6.07, 6.45) is -3.92. The van der Waals surface area contributed by atoms with Gasteiger partial charge in [-0.25, -0.2) is 9.98 Å². The molecule has 0 aliphatic carbocycles. The van der Waals surface area contributed by atoms with E-state index >= 15 is 0 Å². The summed E-state index contributed by atoms with van der Waals surface area (Å²) in [4.78, 5) is 11.1. The number of nitrogens with zero attached hydrogens (tertiary/aromatic N) is 3. The van der Waals surface area contributed by atoms with Crippen LogP contribution in [0.3, 0.4) is 0 Å². The second-order valence-electron chi connectivity index (χ2n) is 4.61. The molecule has 0 radical (unpaired) electrons. The van der Waals surface area contributed by atoms with Crippen LogP contribution < -0.4 is 21.9 Å². The van der Waals surface area contributed by atoms with Gasteiger partial charge < -0.3 is 21.9 Å². The van der Waals surface area contributed by atoms with Gasteiger partial charge in [-0.05, 0) is 18.2 Å². The fourth-order valence-corrected chi connectivity index (χ4v) is 1.88. The molecule has 1 aromatic carbocycles. The van der Waals surface area contributed by atoms with Gasteiger partial charge >= 0.3 is 6.18 Å². The van der Waals surface area contributed by atoms with Crippen molar-refractivity contribution in [2.75, 3.05) is 0 Å². The first-order chi connectivity index (χ1) is 11.6. The summed E-state index contributed by atoms with van der Waals surface area (Å²) in [5, 5.41) is -0.288. The van der Waals surface area contributed by atoms with E-state index in [-0.39, 0.29) is 28.6 Å². The lowest BCUT2D eigenvalue weighted by Gasteiger charge is -2.10. The SMILES string of the molecule is NC(N)=NC(N)=Nc1cccc(Oc2ncc(C(F)(F)F)cc2Cl)c1. The maximum atomic E-state index is 12.6. The molecule has 0 aliphatic heterocycles. The maximum Gasteiger partial charge on any atom is 0.417 e. The molecule has 0 atom stereocenters. The smallest absolute Gasteiger partial charge is 0.417 e. The molecule has 0 saturated carbocycles. The van der Waals surface area contributed by atoms with Crippen LogP contribution in [-0.2, 0) is 6.18 Å². The Balaban J connectivity index is 2.24. The molecular formula is C14H12ClF3N6O. The fraction of sp³-hybridized carbons (Fsp3) is 0.0714. The Morgan fingerprint density at radius 3 is 2.48 bits per heavy atom. The standard InChI is InChI=1S/C14H12ClF3N6O/c15-10-4-7(14(16,17)18)6-22-11(10)25-9-3-1-2-8(5-9)23-13(21)24-12(19)20/h1-6H,(H6,19,20,21,23,24). The minimum absolute atomic E-state index is 0.178. The first-order valence-electron chi connectivity index (χ1n) is 6.59. The van der Waals surface area contributed by atoms with Crippen LogP contribution in [-0.4, -0.2) is 16.9 Å². The predicted molar refractivity (Wildman–Crippen MR) is 87.9 cm³/mol. The Kier molecular flexibility index (Phi) is 5.32. The zero-order chi connectivity index (χ0) is 18.6. The monoisotopic (exact) mass is 372 g/mol. The average Bonchev–Trinajstić information content (AvgIpc) is 2.47. The summed E-state index contributed by atoms with van der Waals surface area (Å²) in [5.74, 6) is -0.391. The molecule has 2 rings (SSSR count). The number of guanidine groups is 2. The zero-order valence-electron chi connectivity index (χ0n) is 12.5. The molecule has 0 aliphatic rings. The van der Waals surface area contributed by atoms with Crippen LogP contribution in [0.4, 0.5) is 18.9 Å². The second-order valence-corrected chi connectivity index (χ2v) is 5.02. The van der Waals surface area contributed by atoms with E-state index in [2.05, 4.69) is 15.0 Å². The van der Waals surface area contributed by atoms with Gasteiger partial charge in [0.1, 0.15) is 10.8 Å². The minimum atomic E-state index is -4.55. The Morgan fingerprint density at radius 1 is 1.16 bits per heavy atom. The third kappa shape index (κ3) is 5.24. The second kappa shape index (κ2) is 7.26. The molecule has 0 bridgehead atoms. The van der Waals surface area contributed by atoms with Crippen molar-refractivity contribution < 1.29 is 17.9 Å². The highest BCUT2D eigenvalue weighted by Crippen LogP contribution is 2.35. The maximum absolute atomic E-state index is 12.6. The van der Waals surface area contributed by atoms with Crippen molar-refractivity contribution in [1.29, 1.82) is 0 Å². The molecule has 25 heavy (non-hydrogen) atoms. The van der Waals surface area contributed by atoms with E-state index in [1.54, 1.807) is 12.1 Å². The van der Waals surface area contributed by atoms with Gasteiger partial charge in [-0.1, -0.05) is 17.7 Å². The molecule has 0 fully saturated rings. The van der Waals surface area contributed by atoms with Gasteiger partial charge in [0.25, 0.3) is 0 Å². The highest BCUT2D eigenvalue weighted by atomic mass is 35.5. The number of halogens is 4. The van der Waals surface area contributed by atoms with Crippen molar-refractivity contribution >= 4 is 29.2 Å². The molecule has 0 saturated heterocycles. The van der Waals surface area contributed by atoms with Gasteiger partial charge in [-0.2, -0.15) is 18.2 Å². The highest BCUT2D eigenvalue weighted by Gasteiger charge is 2.31. The van der Waals surface area contributed by atoms with Crippen LogP contribution in [0.25, 0.3) is 0 Å². The number of benzene rings is 1. The van der Waals surface area contributed by atoms with E-state index < -0.39 is 11.7 Å². The number of pyridine rings is 1. The Morgan fingerprint density at radius 2 is 1.88 bits per heavy atom. The Bertz CT molecular complexity index is 834. The fourth-order valence-electron chi connectivity index (χ4n) is 1.67.